The Kier molecular flexibility index (Phi) is 6.04. The van der Waals surface area contributed by atoms with E-state index in [0.29, 0.717) is 13.0 Å². The fraction of sp³-hybridized carbons (Fsp3) is 0.455. The van der Waals surface area contributed by atoms with E-state index in [1.807, 2.05) is 18.2 Å². The number of rotatable bonds is 7. The second kappa shape index (κ2) is 7.43. The molecule has 0 spiro atoms. The van der Waals surface area contributed by atoms with Gasteiger partial charge in [0.15, 0.2) is 0 Å². The molecule has 0 aliphatic rings. The number of pyridine rings is 1. The molecular weight excluding hydrogens is 208 g/mol. The molecule has 0 bridgehead atoms. The van der Waals surface area contributed by atoms with Crippen molar-refractivity contribution in [1.82, 2.24) is 9.71 Å². The predicted molar refractivity (Wildman–Crippen MR) is 62.6 cm³/mol. The number of hydrogen-bond donors (Lipinski definition) is 1. The summed E-state index contributed by atoms with van der Waals surface area (Å²) in [7, 11) is 0. The summed E-state index contributed by atoms with van der Waals surface area (Å²) >= 11 is 1.40. The quantitative estimate of drug-likeness (QED) is 0.722. The first kappa shape index (κ1) is 12.2. The number of aromatic nitrogens is 1. The maximum atomic E-state index is 11.3. The number of ketones is 1. The molecule has 0 fully saturated rings. The summed E-state index contributed by atoms with van der Waals surface area (Å²) in [6.45, 7) is 2.50. The maximum Gasteiger partial charge on any atom is 0.147 e. The number of hydrogen-bond acceptors (Lipinski definition) is 4. The van der Waals surface area contributed by atoms with Gasteiger partial charge in [0.2, 0.25) is 0 Å². The van der Waals surface area contributed by atoms with Crippen LogP contribution in [0.15, 0.2) is 29.4 Å². The van der Waals surface area contributed by atoms with Crippen molar-refractivity contribution in [3.8, 4) is 0 Å². The third kappa shape index (κ3) is 5.54. The van der Waals surface area contributed by atoms with E-state index in [4.69, 9.17) is 0 Å². The van der Waals surface area contributed by atoms with Crippen LogP contribution in [0.25, 0.3) is 0 Å². The van der Waals surface area contributed by atoms with Crippen molar-refractivity contribution >= 4 is 17.7 Å². The monoisotopic (exact) mass is 224 g/mol. The summed E-state index contributed by atoms with van der Waals surface area (Å²) in [4.78, 5) is 15.4. The zero-order chi connectivity index (χ0) is 10.9. The molecule has 0 aliphatic heterocycles. The van der Waals surface area contributed by atoms with Gasteiger partial charge in [-0.05, 0) is 30.5 Å². The molecule has 0 unspecified atom stereocenters. The molecule has 15 heavy (non-hydrogen) atoms. The molecule has 0 saturated heterocycles. The molecule has 0 radical (unpaired) electrons. The number of carbonyl (C=O) groups excluding carboxylic acids is 1. The van der Waals surface area contributed by atoms with Crippen LogP contribution in [0.2, 0.25) is 0 Å². The lowest BCUT2D eigenvalue weighted by molar-refractivity contribution is -0.118. The van der Waals surface area contributed by atoms with Crippen LogP contribution >= 0.6 is 11.9 Å². The van der Waals surface area contributed by atoms with Crippen LogP contribution in [-0.2, 0) is 4.79 Å². The fourth-order valence-corrected chi connectivity index (χ4v) is 1.70. The summed E-state index contributed by atoms with van der Waals surface area (Å²) < 4.78 is 3.01. The second-order valence-electron chi connectivity index (χ2n) is 3.23. The topological polar surface area (TPSA) is 42.0 Å². The average Bonchev–Trinajstić information content (AvgIpc) is 2.28. The van der Waals surface area contributed by atoms with Crippen LogP contribution in [0.4, 0.5) is 0 Å². The first-order valence-electron chi connectivity index (χ1n) is 5.15. The van der Waals surface area contributed by atoms with Crippen molar-refractivity contribution in [3.63, 3.8) is 0 Å². The fourth-order valence-electron chi connectivity index (χ4n) is 1.06. The molecule has 1 heterocycles. The van der Waals surface area contributed by atoms with Gasteiger partial charge in [-0.15, -0.1) is 0 Å². The highest BCUT2D eigenvalue weighted by molar-refractivity contribution is 7.97. The smallest absolute Gasteiger partial charge is 0.147 e. The van der Waals surface area contributed by atoms with E-state index < -0.39 is 0 Å². The molecule has 0 aliphatic carbocycles. The van der Waals surface area contributed by atoms with Gasteiger partial charge in [0.25, 0.3) is 0 Å². The summed E-state index contributed by atoms with van der Waals surface area (Å²) in [5.74, 6) is 0.264. The van der Waals surface area contributed by atoms with E-state index in [2.05, 4.69) is 16.6 Å². The van der Waals surface area contributed by atoms with E-state index in [0.717, 1.165) is 17.9 Å². The van der Waals surface area contributed by atoms with Gasteiger partial charge in [-0.2, -0.15) is 0 Å². The van der Waals surface area contributed by atoms with Gasteiger partial charge < -0.3 is 0 Å². The van der Waals surface area contributed by atoms with Crippen molar-refractivity contribution in [3.05, 3.63) is 24.4 Å². The molecule has 82 valence electrons. The van der Waals surface area contributed by atoms with E-state index in [-0.39, 0.29) is 5.78 Å². The van der Waals surface area contributed by atoms with E-state index >= 15 is 0 Å². The minimum Gasteiger partial charge on any atom is -0.298 e. The van der Waals surface area contributed by atoms with Gasteiger partial charge in [0.1, 0.15) is 10.8 Å². The SMILES string of the molecule is CCCCC(=O)CNSc1ccccn1. The second-order valence-corrected chi connectivity index (χ2v) is 4.14. The lowest BCUT2D eigenvalue weighted by atomic mass is 10.2. The molecule has 0 amide bonds. The Morgan fingerprint density at radius 1 is 1.53 bits per heavy atom. The molecule has 0 atom stereocenters. The third-order valence-electron chi connectivity index (χ3n) is 1.89. The van der Waals surface area contributed by atoms with E-state index in [9.17, 15) is 4.79 Å². The minimum atomic E-state index is 0.264. The molecule has 1 aromatic rings. The number of unbranched alkanes of at least 4 members (excludes halogenated alkanes) is 1. The van der Waals surface area contributed by atoms with Gasteiger partial charge in [0, 0.05) is 12.6 Å². The predicted octanol–water partition coefficient (Wildman–Crippen LogP) is 2.44. The number of carbonyl (C=O) groups is 1. The summed E-state index contributed by atoms with van der Waals surface area (Å²) in [5.41, 5.74) is 0. The molecule has 1 rings (SSSR count). The Morgan fingerprint density at radius 3 is 3.07 bits per heavy atom. The van der Waals surface area contributed by atoms with Crippen molar-refractivity contribution < 1.29 is 4.79 Å². The highest BCUT2D eigenvalue weighted by Crippen LogP contribution is 2.08. The van der Waals surface area contributed by atoms with E-state index in [1.54, 1.807) is 6.20 Å². The minimum absolute atomic E-state index is 0.264. The third-order valence-corrected chi connectivity index (χ3v) is 2.63. The first-order valence-corrected chi connectivity index (χ1v) is 5.97. The Labute approximate surface area is 94.8 Å². The number of nitrogens with one attached hydrogen (secondary N) is 1. The molecule has 0 saturated carbocycles. The highest BCUT2D eigenvalue weighted by Gasteiger charge is 2.00. The highest BCUT2D eigenvalue weighted by atomic mass is 32.2. The largest absolute Gasteiger partial charge is 0.298 e. The number of nitrogens with zero attached hydrogens (tertiary/aromatic N) is 1. The Hall–Kier alpha value is -0.870. The zero-order valence-corrected chi connectivity index (χ0v) is 9.72. The summed E-state index contributed by atoms with van der Waals surface area (Å²) in [5, 5.41) is 0.890. The summed E-state index contributed by atoms with van der Waals surface area (Å²) in [6, 6.07) is 5.71. The van der Waals surface area contributed by atoms with Crippen molar-refractivity contribution in [2.24, 2.45) is 0 Å². The Balaban J connectivity index is 2.14. The standard InChI is InChI=1S/C11H16N2OS/c1-2-3-6-10(14)9-13-15-11-7-4-5-8-12-11/h4-5,7-8,13H,2-3,6,9H2,1H3. The maximum absolute atomic E-state index is 11.3. The molecule has 1 N–H and O–H groups in total. The van der Waals surface area contributed by atoms with Crippen LogP contribution in [0, 0.1) is 0 Å². The molecular formula is C11H16N2OS. The van der Waals surface area contributed by atoms with Crippen molar-refractivity contribution in [2.45, 2.75) is 31.2 Å². The van der Waals surface area contributed by atoms with Crippen LogP contribution in [0.5, 0.6) is 0 Å². The average molecular weight is 224 g/mol. The van der Waals surface area contributed by atoms with Crippen LogP contribution in [0.3, 0.4) is 0 Å². The first-order chi connectivity index (χ1) is 7.33. The van der Waals surface area contributed by atoms with Gasteiger partial charge in [-0.1, -0.05) is 19.4 Å². The zero-order valence-electron chi connectivity index (χ0n) is 8.90. The lowest BCUT2D eigenvalue weighted by Crippen LogP contribution is -2.16. The van der Waals surface area contributed by atoms with Gasteiger partial charge in [0.05, 0.1) is 6.54 Å². The van der Waals surface area contributed by atoms with Crippen molar-refractivity contribution in [1.29, 1.82) is 0 Å². The van der Waals surface area contributed by atoms with Gasteiger partial charge >= 0.3 is 0 Å². The van der Waals surface area contributed by atoms with Gasteiger partial charge in [-0.3, -0.25) is 9.52 Å². The number of Topliss-reactive ketones (excluding diaryl/α,β-unsaturated/α-hetero) is 1. The molecule has 4 heteroatoms. The summed E-state index contributed by atoms with van der Waals surface area (Å²) in [6.07, 6.45) is 4.46. The van der Waals surface area contributed by atoms with Crippen LogP contribution < -0.4 is 4.72 Å². The van der Waals surface area contributed by atoms with Crippen LogP contribution in [-0.4, -0.2) is 17.3 Å². The van der Waals surface area contributed by atoms with E-state index in [1.165, 1.54) is 11.9 Å². The molecule has 1 aromatic heterocycles. The Bertz CT molecular complexity index is 290. The normalized spacial score (nSPS) is 10.2. The van der Waals surface area contributed by atoms with Crippen molar-refractivity contribution in [2.75, 3.05) is 6.54 Å². The molecule has 0 aromatic carbocycles. The Morgan fingerprint density at radius 2 is 2.40 bits per heavy atom. The van der Waals surface area contributed by atoms with Crippen LogP contribution in [0.1, 0.15) is 26.2 Å². The van der Waals surface area contributed by atoms with Gasteiger partial charge in [-0.25, -0.2) is 4.98 Å². The lowest BCUT2D eigenvalue weighted by Gasteiger charge is -2.01. The molecule has 3 nitrogen and oxygen atoms in total.